The van der Waals surface area contributed by atoms with Crippen molar-refractivity contribution < 1.29 is 59.9 Å². The molecular weight excluding hydrogens is 336 g/mol. The molecule has 0 aliphatic carbocycles. The number of ether oxygens (including phenoxy) is 3. The van der Waals surface area contributed by atoms with Crippen LogP contribution in [0.1, 0.15) is 0 Å². The minimum absolute atomic E-state index is 0.724. The van der Waals surface area contributed by atoms with E-state index in [4.69, 9.17) is 24.4 Å². The van der Waals surface area contributed by atoms with E-state index in [1.165, 1.54) is 0 Å². The lowest BCUT2D eigenvalue weighted by Crippen LogP contribution is -2.65. The molecule has 0 spiro atoms. The van der Waals surface area contributed by atoms with E-state index in [1.807, 2.05) is 0 Å². The third-order valence-corrected chi connectivity index (χ3v) is 3.94. The van der Waals surface area contributed by atoms with Gasteiger partial charge in [-0.3, -0.25) is 0 Å². The zero-order valence-electron chi connectivity index (χ0n) is 12.2. The van der Waals surface area contributed by atoms with E-state index < -0.39 is 74.0 Å². The van der Waals surface area contributed by atoms with Crippen molar-refractivity contribution >= 4 is 5.97 Å². The molecule has 0 aromatic rings. The summed E-state index contributed by atoms with van der Waals surface area (Å²) < 4.78 is 14.7. The molecule has 0 aromatic heterocycles. The van der Waals surface area contributed by atoms with E-state index in [0.717, 1.165) is 0 Å². The van der Waals surface area contributed by atoms with Crippen LogP contribution in [0.3, 0.4) is 0 Å². The first kappa shape index (κ1) is 19.4. The van der Waals surface area contributed by atoms with Crippen LogP contribution in [0.5, 0.6) is 0 Å². The highest BCUT2D eigenvalue weighted by Gasteiger charge is 2.51. The van der Waals surface area contributed by atoms with Crippen molar-refractivity contribution in [3.05, 3.63) is 0 Å². The van der Waals surface area contributed by atoms with Crippen LogP contribution < -0.4 is 0 Å². The van der Waals surface area contributed by atoms with Crippen molar-refractivity contribution in [3.63, 3.8) is 0 Å². The van der Waals surface area contributed by atoms with Crippen LogP contribution >= 0.6 is 0 Å². The first-order valence-electron chi connectivity index (χ1n) is 7.07. The lowest BCUT2D eigenvalue weighted by Gasteiger charge is -2.44. The van der Waals surface area contributed by atoms with Gasteiger partial charge in [0.1, 0.15) is 42.7 Å². The van der Waals surface area contributed by atoms with Crippen molar-refractivity contribution in [3.8, 4) is 0 Å². The highest BCUT2D eigenvalue weighted by molar-refractivity contribution is 5.73. The number of carboxylic acids is 1. The Hall–Kier alpha value is -0.930. The predicted molar refractivity (Wildman–Crippen MR) is 69.2 cm³/mol. The van der Waals surface area contributed by atoms with E-state index in [0.29, 0.717) is 0 Å². The van der Waals surface area contributed by atoms with Crippen LogP contribution in [-0.4, -0.2) is 115 Å². The predicted octanol–water partition coefficient (Wildman–Crippen LogP) is -5.30. The van der Waals surface area contributed by atoms with Gasteiger partial charge in [-0.2, -0.15) is 0 Å². The standard InChI is InChI=1S/C12H20O12/c13-1-2-3(14)8(7(18)11(21)22-2)23-12-6(17)4(15)5(16)9(24-12)10(19)20/h2-9,11-18,21H,1H2,(H,19,20)/t2-,3+,4+,5+,6-,7-,8+,9+,11+,12-/m1/s1. The number of hydrogen-bond acceptors (Lipinski definition) is 11. The molecule has 0 unspecified atom stereocenters. The molecular formula is C12H20O12. The average Bonchev–Trinajstić information content (AvgIpc) is 2.54. The van der Waals surface area contributed by atoms with Crippen LogP contribution in [0.4, 0.5) is 0 Å². The van der Waals surface area contributed by atoms with Gasteiger partial charge in [0.25, 0.3) is 0 Å². The first-order valence-corrected chi connectivity index (χ1v) is 7.07. The van der Waals surface area contributed by atoms with Crippen LogP contribution in [0.2, 0.25) is 0 Å². The molecule has 0 amide bonds. The largest absolute Gasteiger partial charge is 0.479 e. The van der Waals surface area contributed by atoms with Gasteiger partial charge in [-0.1, -0.05) is 0 Å². The third-order valence-electron chi connectivity index (χ3n) is 3.94. The number of aliphatic carboxylic acids is 1. The maximum absolute atomic E-state index is 11.0. The van der Waals surface area contributed by atoms with Gasteiger partial charge in [0.05, 0.1) is 6.61 Å². The molecule has 2 aliphatic rings. The quantitative estimate of drug-likeness (QED) is 0.238. The Kier molecular flexibility index (Phi) is 6.09. The summed E-state index contributed by atoms with van der Waals surface area (Å²) >= 11 is 0. The molecule has 8 N–H and O–H groups in total. The van der Waals surface area contributed by atoms with Crippen molar-refractivity contribution in [2.45, 2.75) is 61.4 Å². The van der Waals surface area contributed by atoms with E-state index >= 15 is 0 Å². The van der Waals surface area contributed by atoms with E-state index in [9.17, 15) is 35.4 Å². The topological polar surface area (TPSA) is 207 Å². The number of aliphatic hydroxyl groups excluding tert-OH is 7. The number of aliphatic hydroxyl groups is 7. The van der Waals surface area contributed by atoms with Crippen LogP contribution in [-0.2, 0) is 19.0 Å². The maximum Gasteiger partial charge on any atom is 0.335 e. The Morgan fingerprint density at radius 1 is 0.875 bits per heavy atom. The van der Waals surface area contributed by atoms with Crippen LogP contribution in [0.15, 0.2) is 0 Å². The molecule has 12 nitrogen and oxygen atoms in total. The molecule has 24 heavy (non-hydrogen) atoms. The third kappa shape index (κ3) is 3.52. The fourth-order valence-corrected chi connectivity index (χ4v) is 2.55. The fraction of sp³-hybridized carbons (Fsp3) is 0.917. The summed E-state index contributed by atoms with van der Waals surface area (Å²) in [5.74, 6) is -1.64. The minimum atomic E-state index is -1.93. The smallest absolute Gasteiger partial charge is 0.335 e. The van der Waals surface area contributed by atoms with Gasteiger partial charge >= 0.3 is 5.97 Å². The van der Waals surface area contributed by atoms with Gasteiger partial charge < -0.3 is 55.1 Å². The second-order valence-corrected chi connectivity index (χ2v) is 5.56. The normalized spacial score (nSPS) is 49.8. The summed E-state index contributed by atoms with van der Waals surface area (Å²) in [6.07, 6.45) is -17.8. The van der Waals surface area contributed by atoms with E-state index in [2.05, 4.69) is 0 Å². The van der Waals surface area contributed by atoms with Crippen LogP contribution in [0, 0.1) is 0 Å². The van der Waals surface area contributed by atoms with Crippen LogP contribution in [0.25, 0.3) is 0 Å². The molecule has 2 heterocycles. The molecule has 2 fully saturated rings. The van der Waals surface area contributed by atoms with Gasteiger partial charge in [-0.25, -0.2) is 4.79 Å². The Balaban J connectivity index is 2.16. The lowest BCUT2D eigenvalue weighted by molar-refractivity contribution is -0.351. The number of hydrogen-bond donors (Lipinski definition) is 8. The Labute approximate surface area is 135 Å². The number of carboxylic acid groups (broad SMARTS) is 1. The molecule has 2 rings (SSSR count). The number of rotatable bonds is 4. The lowest BCUT2D eigenvalue weighted by atomic mass is 9.97. The van der Waals surface area contributed by atoms with Crippen molar-refractivity contribution in [2.75, 3.05) is 6.61 Å². The molecule has 10 atom stereocenters. The molecule has 140 valence electrons. The Morgan fingerprint density at radius 3 is 2.04 bits per heavy atom. The molecule has 0 aromatic carbocycles. The van der Waals surface area contributed by atoms with Gasteiger partial charge in [-0.05, 0) is 0 Å². The summed E-state index contributed by atoms with van der Waals surface area (Å²) in [4.78, 5) is 11.0. The zero-order valence-corrected chi connectivity index (χ0v) is 12.2. The molecule has 0 bridgehead atoms. The molecule has 2 aliphatic heterocycles. The average molecular weight is 356 g/mol. The number of carbonyl (C=O) groups is 1. The second kappa shape index (κ2) is 7.53. The molecule has 0 radical (unpaired) electrons. The van der Waals surface area contributed by atoms with Gasteiger partial charge in [0.2, 0.25) is 0 Å². The van der Waals surface area contributed by atoms with E-state index in [1.54, 1.807) is 0 Å². The van der Waals surface area contributed by atoms with Crippen molar-refractivity contribution in [1.82, 2.24) is 0 Å². The minimum Gasteiger partial charge on any atom is -0.479 e. The highest BCUT2D eigenvalue weighted by Crippen LogP contribution is 2.28. The summed E-state index contributed by atoms with van der Waals surface area (Å²) in [6.45, 7) is -0.724. The maximum atomic E-state index is 11.0. The van der Waals surface area contributed by atoms with Crippen molar-refractivity contribution in [2.24, 2.45) is 0 Å². The summed E-state index contributed by atoms with van der Waals surface area (Å²) in [5.41, 5.74) is 0. The Bertz CT molecular complexity index is 446. The first-order chi connectivity index (χ1) is 11.2. The summed E-state index contributed by atoms with van der Waals surface area (Å²) in [7, 11) is 0. The van der Waals surface area contributed by atoms with Gasteiger partial charge in [0.15, 0.2) is 18.7 Å². The summed E-state index contributed by atoms with van der Waals surface area (Å²) in [5, 5.41) is 76.4. The zero-order chi connectivity index (χ0) is 18.2. The molecule has 0 saturated carbocycles. The molecule has 2 saturated heterocycles. The Morgan fingerprint density at radius 2 is 1.50 bits per heavy atom. The second-order valence-electron chi connectivity index (χ2n) is 5.56. The van der Waals surface area contributed by atoms with Gasteiger partial charge in [0, 0.05) is 0 Å². The van der Waals surface area contributed by atoms with Gasteiger partial charge in [-0.15, -0.1) is 0 Å². The fourth-order valence-electron chi connectivity index (χ4n) is 2.55. The monoisotopic (exact) mass is 356 g/mol. The SMILES string of the molecule is O=C(O)[C@H]1O[C@@H](O[C@@H]2[C@@H](O)[C@@H](O)O[C@H](CO)[C@@H]2O)[C@H](O)[C@@H](O)[C@@H]1O. The van der Waals surface area contributed by atoms with Crippen molar-refractivity contribution in [1.29, 1.82) is 0 Å². The van der Waals surface area contributed by atoms with E-state index in [-0.39, 0.29) is 0 Å². The summed E-state index contributed by atoms with van der Waals surface area (Å²) in [6, 6.07) is 0. The molecule has 12 heteroatoms. The highest BCUT2D eigenvalue weighted by atomic mass is 16.7.